The second-order valence-electron chi connectivity index (χ2n) is 3.87. The maximum Gasteiger partial charge on any atom is 0.335 e. The molecule has 0 fully saturated rings. The zero-order chi connectivity index (χ0) is 14.3. The summed E-state index contributed by atoms with van der Waals surface area (Å²) in [5, 5.41) is 7.91. The molecular weight excluding hydrogens is 279 g/mol. The van der Waals surface area contributed by atoms with E-state index in [-0.39, 0.29) is 0 Å². The van der Waals surface area contributed by atoms with Crippen molar-refractivity contribution in [3.63, 3.8) is 0 Å². The first-order chi connectivity index (χ1) is 9.29. The fraction of sp³-hybridized carbons (Fsp3) is 0.462. The van der Waals surface area contributed by atoms with Crippen LogP contribution in [0.5, 0.6) is 0 Å². The van der Waals surface area contributed by atoms with Gasteiger partial charge in [0.15, 0.2) is 0 Å². The summed E-state index contributed by atoms with van der Waals surface area (Å²) in [7, 11) is 2.75. The molecule has 2 aromatic rings. The van der Waals surface area contributed by atoms with Crippen LogP contribution in [-0.4, -0.2) is 24.8 Å². The molecule has 19 heavy (non-hydrogen) atoms. The van der Waals surface area contributed by atoms with Gasteiger partial charge in [-0.15, -0.1) is 9.24 Å². The Morgan fingerprint density at radius 2 is 1.89 bits per heavy atom. The summed E-state index contributed by atoms with van der Waals surface area (Å²) in [4.78, 5) is 0. The highest BCUT2D eigenvalue weighted by molar-refractivity contribution is 7.51. The number of fused-ring (bicyclic) bond motifs is 1. The summed E-state index contributed by atoms with van der Waals surface area (Å²) >= 11 is -0.750. The standard InChI is InChI=1S/C7H6N2.C6H15P.O2S/c1-2-4-7-6(3-1)5-8-9-7;1-2-3-4-5-6-7;1-3-2/h1-5H,(H,8,9);2-7H2,1H3;. The highest BCUT2D eigenvalue weighted by atomic mass is 32.1. The van der Waals surface area contributed by atoms with Gasteiger partial charge in [0.25, 0.3) is 0 Å². The molecule has 0 amide bonds. The Morgan fingerprint density at radius 1 is 1.21 bits per heavy atom. The molecule has 1 aromatic heterocycles. The van der Waals surface area contributed by atoms with Gasteiger partial charge in [-0.3, -0.25) is 5.10 Å². The lowest BCUT2D eigenvalue weighted by Crippen LogP contribution is -1.73. The number of hydrogen-bond acceptors (Lipinski definition) is 3. The van der Waals surface area contributed by atoms with Crippen molar-refractivity contribution in [2.75, 3.05) is 6.16 Å². The number of aromatic nitrogens is 2. The van der Waals surface area contributed by atoms with Crippen LogP contribution in [0.3, 0.4) is 0 Å². The van der Waals surface area contributed by atoms with E-state index in [0.29, 0.717) is 0 Å². The molecule has 1 N–H and O–H groups in total. The van der Waals surface area contributed by atoms with Crippen LogP contribution in [0.4, 0.5) is 0 Å². The predicted molar refractivity (Wildman–Crippen MR) is 83.7 cm³/mol. The Labute approximate surface area is 120 Å². The number of rotatable bonds is 4. The third-order valence-electron chi connectivity index (χ3n) is 2.41. The van der Waals surface area contributed by atoms with E-state index in [2.05, 4.69) is 26.4 Å². The highest BCUT2D eigenvalue weighted by Gasteiger charge is 1.88. The lowest BCUT2D eigenvalue weighted by atomic mass is 10.2. The number of unbranched alkanes of at least 4 members (excludes halogenated alkanes) is 3. The number of para-hydroxylation sites is 1. The second-order valence-corrected chi connectivity index (χ2v) is 4.59. The van der Waals surface area contributed by atoms with E-state index < -0.39 is 11.6 Å². The van der Waals surface area contributed by atoms with E-state index in [4.69, 9.17) is 8.42 Å². The molecule has 0 aliphatic heterocycles. The van der Waals surface area contributed by atoms with E-state index in [1.807, 2.05) is 30.5 Å². The maximum absolute atomic E-state index is 8.29. The summed E-state index contributed by atoms with van der Waals surface area (Å²) in [6.45, 7) is 2.24. The third kappa shape index (κ3) is 9.51. The van der Waals surface area contributed by atoms with Gasteiger partial charge in [-0.1, -0.05) is 44.4 Å². The van der Waals surface area contributed by atoms with Gasteiger partial charge in [0.05, 0.1) is 11.7 Å². The molecule has 1 aromatic carbocycles. The van der Waals surface area contributed by atoms with Crippen LogP contribution in [0.2, 0.25) is 0 Å². The maximum atomic E-state index is 8.29. The molecular formula is C13H21N2O2PS. The summed E-state index contributed by atoms with van der Waals surface area (Å²) < 4.78 is 16.6. The molecule has 0 aliphatic rings. The van der Waals surface area contributed by atoms with Gasteiger partial charge in [0.1, 0.15) is 0 Å². The first-order valence-electron chi connectivity index (χ1n) is 6.30. The molecule has 1 atom stereocenters. The molecule has 0 radical (unpaired) electrons. The van der Waals surface area contributed by atoms with E-state index >= 15 is 0 Å². The van der Waals surface area contributed by atoms with Crippen molar-refractivity contribution in [2.24, 2.45) is 0 Å². The number of H-pyrrole nitrogens is 1. The molecule has 1 unspecified atom stereocenters. The topological polar surface area (TPSA) is 62.8 Å². The van der Waals surface area contributed by atoms with Crippen molar-refractivity contribution in [2.45, 2.75) is 32.6 Å². The van der Waals surface area contributed by atoms with Crippen molar-refractivity contribution in [3.05, 3.63) is 30.5 Å². The zero-order valence-electron chi connectivity index (χ0n) is 11.2. The van der Waals surface area contributed by atoms with Crippen molar-refractivity contribution in [1.82, 2.24) is 10.2 Å². The molecule has 6 heteroatoms. The summed E-state index contributed by atoms with van der Waals surface area (Å²) in [6, 6.07) is 8.01. The molecule has 0 spiro atoms. The zero-order valence-corrected chi connectivity index (χ0v) is 13.1. The average Bonchev–Trinajstić information content (AvgIpc) is 2.89. The first-order valence-corrected chi connectivity index (χ1v) is 7.78. The second kappa shape index (κ2) is 13.4. The van der Waals surface area contributed by atoms with Crippen LogP contribution in [0.15, 0.2) is 30.5 Å². The number of nitrogens with one attached hydrogen (secondary N) is 1. The van der Waals surface area contributed by atoms with Crippen LogP contribution in [-0.2, 0) is 11.6 Å². The van der Waals surface area contributed by atoms with Crippen molar-refractivity contribution in [1.29, 1.82) is 0 Å². The molecule has 106 valence electrons. The van der Waals surface area contributed by atoms with Crippen LogP contribution in [0.1, 0.15) is 32.6 Å². The monoisotopic (exact) mass is 300 g/mol. The minimum atomic E-state index is -0.750. The Morgan fingerprint density at radius 3 is 2.47 bits per heavy atom. The Hall–Kier alpha value is -1.06. The van der Waals surface area contributed by atoms with E-state index in [0.717, 1.165) is 10.9 Å². The Bertz CT molecular complexity index is 436. The quantitative estimate of drug-likeness (QED) is 0.696. The van der Waals surface area contributed by atoms with Gasteiger partial charge < -0.3 is 0 Å². The van der Waals surface area contributed by atoms with Crippen molar-refractivity contribution in [3.8, 4) is 0 Å². The molecule has 0 saturated carbocycles. The number of nitrogens with zero attached hydrogens (tertiary/aromatic N) is 1. The molecule has 2 rings (SSSR count). The fourth-order valence-electron chi connectivity index (χ4n) is 1.45. The molecule has 4 nitrogen and oxygen atoms in total. The first kappa shape index (κ1) is 17.9. The predicted octanol–water partition coefficient (Wildman–Crippen LogP) is 3.33. The minimum absolute atomic E-state index is 0.750. The van der Waals surface area contributed by atoms with Gasteiger partial charge in [0.2, 0.25) is 0 Å². The highest BCUT2D eigenvalue weighted by Crippen LogP contribution is 2.07. The smallest absolute Gasteiger partial charge is 0.278 e. The van der Waals surface area contributed by atoms with Gasteiger partial charge in [-0.25, -0.2) is 0 Å². The Kier molecular flexibility index (Phi) is 12.6. The fourth-order valence-corrected chi connectivity index (χ4v) is 1.74. The molecule has 0 bridgehead atoms. The SMILES string of the molecule is CCCCCCP.O=S=O.c1ccc2[nH]ncc2c1. The summed E-state index contributed by atoms with van der Waals surface area (Å²) in [5.41, 5.74) is 1.09. The summed E-state index contributed by atoms with van der Waals surface area (Å²) in [6.07, 6.45) is 8.66. The normalized spacial score (nSPS) is 8.95. The summed E-state index contributed by atoms with van der Waals surface area (Å²) in [5.74, 6) is 0. The van der Waals surface area contributed by atoms with Gasteiger partial charge in [-0.2, -0.15) is 13.5 Å². The number of benzene rings is 1. The van der Waals surface area contributed by atoms with Gasteiger partial charge in [-0.05, 0) is 18.6 Å². The van der Waals surface area contributed by atoms with Crippen molar-refractivity contribution < 1.29 is 8.42 Å². The van der Waals surface area contributed by atoms with E-state index in [1.54, 1.807) is 0 Å². The number of hydrogen-bond donors (Lipinski definition) is 1. The molecule has 0 aliphatic carbocycles. The van der Waals surface area contributed by atoms with Crippen LogP contribution in [0.25, 0.3) is 10.9 Å². The Balaban J connectivity index is 0.000000292. The largest absolute Gasteiger partial charge is 0.335 e. The molecule has 0 saturated heterocycles. The van der Waals surface area contributed by atoms with E-state index in [9.17, 15) is 0 Å². The van der Waals surface area contributed by atoms with Gasteiger partial charge in [0, 0.05) is 5.39 Å². The van der Waals surface area contributed by atoms with Crippen molar-refractivity contribution >= 4 is 31.7 Å². The van der Waals surface area contributed by atoms with E-state index in [1.165, 1.54) is 31.8 Å². The molecule has 1 heterocycles. The van der Waals surface area contributed by atoms with Crippen LogP contribution < -0.4 is 0 Å². The van der Waals surface area contributed by atoms with Crippen LogP contribution >= 0.6 is 9.24 Å². The third-order valence-corrected chi connectivity index (χ3v) is 2.82. The van der Waals surface area contributed by atoms with Crippen LogP contribution in [0, 0.1) is 0 Å². The van der Waals surface area contributed by atoms with Gasteiger partial charge >= 0.3 is 11.6 Å². The minimum Gasteiger partial charge on any atom is -0.278 e. The average molecular weight is 300 g/mol. The number of aromatic amines is 1. The lowest BCUT2D eigenvalue weighted by molar-refractivity contribution is 0.630. The lowest BCUT2D eigenvalue weighted by Gasteiger charge is -1.90.